The Bertz CT molecular complexity index is 617. The molecule has 0 saturated heterocycles. The monoisotopic (exact) mass is 288 g/mol. The standard InChI is InChI=1S/C16H17FN2O2/c1-2-21-14-10-12(17)8-9-13(14)19-16(20)15(18)11-6-4-3-5-7-11/h3-10,15H,2,18H2,1H3,(H,19,20). The minimum absolute atomic E-state index is 0.283. The van der Waals surface area contributed by atoms with E-state index in [4.69, 9.17) is 10.5 Å². The fourth-order valence-electron chi connectivity index (χ4n) is 1.90. The fraction of sp³-hybridized carbons (Fsp3) is 0.188. The Labute approximate surface area is 122 Å². The van der Waals surface area contributed by atoms with E-state index >= 15 is 0 Å². The van der Waals surface area contributed by atoms with Crippen molar-refractivity contribution in [2.45, 2.75) is 13.0 Å². The van der Waals surface area contributed by atoms with E-state index in [0.29, 0.717) is 17.9 Å². The second kappa shape index (κ2) is 6.85. The van der Waals surface area contributed by atoms with Crippen molar-refractivity contribution in [3.05, 3.63) is 59.9 Å². The maximum atomic E-state index is 13.2. The van der Waals surface area contributed by atoms with E-state index in [2.05, 4.69) is 5.32 Å². The van der Waals surface area contributed by atoms with Gasteiger partial charge in [-0.3, -0.25) is 4.79 Å². The van der Waals surface area contributed by atoms with Gasteiger partial charge in [-0.25, -0.2) is 4.39 Å². The number of benzene rings is 2. The minimum Gasteiger partial charge on any atom is -0.492 e. The quantitative estimate of drug-likeness (QED) is 0.889. The van der Waals surface area contributed by atoms with E-state index in [0.717, 1.165) is 0 Å². The molecule has 4 nitrogen and oxygen atoms in total. The molecule has 1 amide bonds. The highest BCUT2D eigenvalue weighted by molar-refractivity contribution is 5.96. The second-order valence-electron chi connectivity index (χ2n) is 4.45. The molecule has 0 spiro atoms. The molecule has 0 heterocycles. The van der Waals surface area contributed by atoms with Crippen LogP contribution in [0.25, 0.3) is 0 Å². The van der Waals surface area contributed by atoms with E-state index in [1.54, 1.807) is 19.1 Å². The largest absolute Gasteiger partial charge is 0.492 e. The van der Waals surface area contributed by atoms with E-state index in [-0.39, 0.29) is 11.7 Å². The van der Waals surface area contributed by atoms with E-state index < -0.39 is 11.9 Å². The van der Waals surface area contributed by atoms with Crippen LogP contribution in [0.2, 0.25) is 0 Å². The first kappa shape index (κ1) is 15.0. The number of rotatable bonds is 5. The third kappa shape index (κ3) is 3.79. The summed E-state index contributed by atoms with van der Waals surface area (Å²) in [5.41, 5.74) is 7.01. The summed E-state index contributed by atoms with van der Waals surface area (Å²) in [7, 11) is 0. The molecule has 1 unspecified atom stereocenters. The summed E-state index contributed by atoms with van der Waals surface area (Å²) in [6.45, 7) is 2.16. The Balaban J connectivity index is 2.16. The average molecular weight is 288 g/mol. The van der Waals surface area contributed by atoms with Gasteiger partial charge in [0.2, 0.25) is 5.91 Å². The number of nitrogens with two attached hydrogens (primary N) is 1. The molecule has 0 saturated carbocycles. The molecule has 21 heavy (non-hydrogen) atoms. The second-order valence-corrected chi connectivity index (χ2v) is 4.45. The van der Waals surface area contributed by atoms with Crippen LogP contribution in [0.4, 0.5) is 10.1 Å². The van der Waals surface area contributed by atoms with E-state index in [1.165, 1.54) is 18.2 Å². The van der Waals surface area contributed by atoms with Crippen LogP contribution in [-0.4, -0.2) is 12.5 Å². The van der Waals surface area contributed by atoms with Crippen molar-refractivity contribution in [2.24, 2.45) is 5.73 Å². The lowest BCUT2D eigenvalue weighted by molar-refractivity contribution is -0.117. The van der Waals surface area contributed by atoms with Gasteiger partial charge in [0.25, 0.3) is 0 Å². The Morgan fingerprint density at radius 1 is 1.29 bits per heavy atom. The van der Waals surface area contributed by atoms with Gasteiger partial charge in [-0.2, -0.15) is 0 Å². The molecule has 0 bridgehead atoms. The van der Waals surface area contributed by atoms with Crippen LogP contribution in [0.5, 0.6) is 5.75 Å². The van der Waals surface area contributed by atoms with Gasteiger partial charge in [0.15, 0.2) is 0 Å². The van der Waals surface area contributed by atoms with Crippen LogP contribution in [0.1, 0.15) is 18.5 Å². The molecule has 0 aliphatic rings. The predicted octanol–water partition coefficient (Wildman–Crippen LogP) is 2.86. The Hall–Kier alpha value is -2.40. The number of carbonyl (C=O) groups is 1. The molecule has 2 aromatic rings. The summed E-state index contributed by atoms with van der Waals surface area (Å²) in [4.78, 5) is 12.2. The van der Waals surface area contributed by atoms with Crippen LogP contribution >= 0.6 is 0 Å². The molecular weight excluding hydrogens is 271 g/mol. The highest BCUT2D eigenvalue weighted by Gasteiger charge is 2.17. The number of halogens is 1. The number of ether oxygens (including phenoxy) is 1. The van der Waals surface area contributed by atoms with Crippen molar-refractivity contribution in [2.75, 3.05) is 11.9 Å². The zero-order valence-corrected chi connectivity index (χ0v) is 11.7. The van der Waals surface area contributed by atoms with Gasteiger partial charge >= 0.3 is 0 Å². The first-order valence-corrected chi connectivity index (χ1v) is 6.65. The third-order valence-corrected chi connectivity index (χ3v) is 2.94. The Kier molecular flexibility index (Phi) is 4.90. The van der Waals surface area contributed by atoms with Gasteiger partial charge in [-0.05, 0) is 24.6 Å². The summed E-state index contributed by atoms with van der Waals surface area (Å²) in [5.74, 6) is -0.524. The van der Waals surface area contributed by atoms with Crippen molar-refractivity contribution < 1.29 is 13.9 Å². The summed E-state index contributed by atoms with van der Waals surface area (Å²) >= 11 is 0. The van der Waals surface area contributed by atoms with Crippen LogP contribution < -0.4 is 15.8 Å². The molecule has 2 rings (SSSR count). The van der Waals surface area contributed by atoms with Gasteiger partial charge in [0.1, 0.15) is 17.6 Å². The first-order valence-electron chi connectivity index (χ1n) is 6.65. The molecule has 0 aromatic heterocycles. The van der Waals surface area contributed by atoms with E-state index in [9.17, 15) is 9.18 Å². The SMILES string of the molecule is CCOc1cc(F)ccc1NC(=O)C(N)c1ccccc1. The topological polar surface area (TPSA) is 64.3 Å². The van der Waals surface area contributed by atoms with Gasteiger partial charge in [0, 0.05) is 6.07 Å². The molecule has 0 fully saturated rings. The van der Waals surface area contributed by atoms with E-state index in [1.807, 2.05) is 18.2 Å². The van der Waals surface area contributed by atoms with Gasteiger partial charge in [-0.15, -0.1) is 0 Å². The first-order chi connectivity index (χ1) is 10.1. The van der Waals surface area contributed by atoms with Crippen LogP contribution in [0.3, 0.4) is 0 Å². The van der Waals surface area contributed by atoms with Crippen molar-refractivity contribution >= 4 is 11.6 Å². The normalized spacial score (nSPS) is 11.8. The zero-order chi connectivity index (χ0) is 15.2. The Morgan fingerprint density at radius 2 is 2.00 bits per heavy atom. The van der Waals surface area contributed by atoms with Crippen molar-refractivity contribution in [1.82, 2.24) is 0 Å². The number of nitrogens with one attached hydrogen (secondary N) is 1. The molecule has 0 aliphatic carbocycles. The predicted molar refractivity (Wildman–Crippen MR) is 79.6 cm³/mol. The molecule has 0 aliphatic heterocycles. The summed E-state index contributed by atoms with van der Waals surface area (Å²) in [6, 6.07) is 12.2. The van der Waals surface area contributed by atoms with Crippen molar-refractivity contribution in [3.63, 3.8) is 0 Å². The molecule has 1 atom stereocenters. The smallest absolute Gasteiger partial charge is 0.245 e. The lowest BCUT2D eigenvalue weighted by Crippen LogP contribution is -2.27. The zero-order valence-electron chi connectivity index (χ0n) is 11.7. The minimum atomic E-state index is -0.800. The van der Waals surface area contributed by atoms with Gasteiger partial charge in [-0.1, -0.05) is 30.3 Å². The number of hydrogen-bond acceptors (Lipinski definition) is 3. The maximum absolute atomic E-state index is 13.2. The summed E-state index contributed by atoms with van der Waals surface area (Å²) in [6.07, 6.45) is 0. The summed E-state index contributed by atoms with van der Waals surface area (Å²) in [5, 5.41) is 2.67. The molecule has 110 valence electrons. The number of carbonyl (C=O) groups excluding carboxylic acids is 1. The number of amides is 1. The summed E-state index contributed by atoms with van der Waals surface area (Å²) < 4.78 is 18.5. The van der Waals surface area contributed by atoms with Crippen LogP contribution in [0, 0.1) is 5.82 Å². The molecular formula is C16H17FN2O2. The maximum Gasteiger partial charge on any atom is 0.245 e. The average Bonchev–Trinajstić information content (AvgIpc) is 2.50. The number of hydrogen-bond donors (Lipinski definition) is 2. The highest BCUT2D eigenvalue weighted by Crippen LogP contribution is 2.26. The third-order valence-electron chi connectivity index (χ3n) is 2.94. The molecule has 2 aromatic carbocycles. The van der Waals surface area contributed by atoms with Crippen LogP contribution in [0.15, 0.2) is 48.5 Å². The van der Waals surface area contributed by atoms with Gasteiger partial charge in [0.05, 0.1) is 12.3 Å². The van der Waals surface area contributed by atoms with Gasteiger partial charge < -0.3 is 15.8 Å². The molecule has 3 N–H and O–H groups in total. The highest BCUT2D eigenvalue weighted by atomic mass is 19.1. The number of anilines is 1. The van der Waals surface area contributed by atoms with Crippen molar-refractivity contribution in [3.8, 4) is 5.75 Å². The fourth-order valence-corrected chi connectivity index (χ4v) is 1.90. The lowest BCUT2D eigenvalue weighted by Gasteiger charge is -2.15. The molecule has 0 radical (unpaired) electrons. The van der Waals surface area contributed by atoms with Crippen LogP contribution in [-0.2, 0) is 4.79 Å². The Morgan fingerprint density at radius 3 is 2.67 bits per heavy atom. The molecule has 5 heteroatoms. The van der Waals surface area contributed by atoms with Crippen molar-refractivity contribution in [1.29, 1.82) is 0 Å². The lowest BCUT2D eigenvalue weighted by atomic mass is 10.1.